The van der Waals surface area contributed by atoms with Gasteiger partial charge in [0.05, 0.1) is 0 Å². The second-order valence-electron chi connectivity index (χ2n) is 11.5. The summed E-state index contributed by atoms with van der Waals surface area (Å²) in [5.41, 5.74) is 6.49. The van der Waals surface area contributed by atoms with Crippen LogP contribution in [0.5, 0.6) is 34.5 Å². The quantitative estimate of drug-likeness (QED) is 0.0988. The first-order valence-electron chi connectivity index (χ1n) is 15.0. The SMILES string of the molecule is Oc1ccccc1Cc1ccc(O)c(Cc2cc(-c3ccccc3O)cc(Cc3cccc(Cc4ccccc4O)c3O)c2O)c1. The number of para-hydroxylation sites is 4. The molecule has 0 atom stereocenters. The van der Waals surface area contributed by atoms with Gasteiger partial charge in [-0.25, -0.2) is 0 Å². The molecule has 6 heteroatoms. The Bertz CT molecular complexity index is 2000. The Kier molecular flexibility index (Phi) is 8.53. The lowest BCUT2D eigenvalue weighted by atomic mass is 9.90. The summed E-state index contributed by atoms with van der Waals surface area (Å²) in [6.45, 7) is 0. The van der Waals surface area contributed by atoms with Gasteiger partial charge in [0.1, 0.15) is 34.5 Å². The molecule has 6 nitrogen and oxygen atoms in total. The van der Waals surface area contributed by atoms with Crippen LogP contribution in [0.4, 0.5) is 0 Å². The number of benzene rings is 6. The molecule has 6 aromatic carbocycles. The molecule has 0 spiro atoms. The highest BCUT2D eigenvalue weighted by atomic mass is 16.3. The molecule has 0 aliphatic heterocycles. The Morgan fingerprint density at radius 2 is 0.783 bits per heavy atom. The highest BCUT2D eigenvalue weighted by molar-refractivity contribution is 5.73. The summed E-state index contributed by atoms with van der Waals surface area (Å²) in [6, 6.07) is 35.4. The molecule has 6 aromatic rings. The van der Waals surface area contributed by atoms with Crippen LogP contribution in [0.1, 0.15) is 44.5 Å². The third kappa shape index (κ3) is 6.47. The van der Waals surface area contributed by atoms with Crippen molar-refractivity contribution in [1.82, 2.24) is 0 Å². The van der Waals surface area contributed by atoms with Crippen molar-refractivity contribution in [2.45, 2.75) is 25.7 Å². The van der Waals surface area contributed by atoms with Crippen LogP contribution in [0.3, 0.4) is 0 Å². The van der Waals surface area contributed by atoms with Crippen molar-refractivity contribution in [2.75, 3.05) is 0 Å². The first kappa shape index (κ1) is 30.2. The van der Waals surface area contributed by atoms with Gasteiger partial charge < -0.3 is 30.6 Å². The monoisotopic (exact) mass is 610 g/mol. The molecular formula is C40H34O6. The summed E-state index contributed by atoms with van der Waals surface area (Å²) in [6.07, 6.45) is 1.18. The first-order valence-corrected chi connectivity index (χ1v) is 15.0. The molecule has 0 heterocycles. The topological polar surface area (TPSA) is 121 Å². The van der Waals surface area contributed by atoms with Gasteiger partial charge in [0, 0.05) is 31.2 Å². The summed E-state index contributed by atoms with van der Waals surface area (Å²) >= 11 is 0. The van der Waals surface area contributed by atoms with Crippen molar-refractivity contribution in [3.05, 3.63) is 166 Å². The number of phenols is 6. The van der Waals surface area contributed by atoms with Gasteiger partial charge >= 0.3 is 0 Å². The van der Waals surface area contributed by atoms with E-state index >= 15 is 0 Å². The van der Waals surface area contributed by atoms with Crippen molar-refractivity contribution in [1.29, 1.82) is 0 Å². The summed E-state index contributed by atoms with van der Waals surface area (Å²) in [5.74, 6) is 0.611. The Labute approximate surface area is 267 Å². The van der Waals surface area contributed by atoms with Crippen LogP contribution in [0.15, 0.2) is 121 Å². The Morgan fingerprint density at radius 1 is 0.326 bits per heavy atom. The van der Waals surface area contributed by atoms with E-state index in [1.54, 1.807) is 78.9 Å². The zero-order valence-corrected chi connectivity index (χ0v) is 25.1. The molecule has 46 heavy (non-hydrogen) atoms. The Morgan fingerprint density at radius 3 is 1.39 bits per heavy atom. The van der Waals surface area contributed by atoms with Gasteiger partial charge in [-0.1, -0.05) is 84.9 Å². The number of aromatic hydroxyl groups is 6. The van der Waals surface area contributed by atoms with E-state index in [-0.39, 0.29) is 47.3 Å². The molecule has 6 rings (SSSR count). The average Bonchev–Trinajstić information content (AvgIpc) is 3.05. The normalized spacial score (nSPS) is 11.0. The average molecular weight is 611 g/mol. The number of hydrogen-bond acceptors (Lipinski definition) is 6. The summed E-state index contributed by atoms with van der Waals surface area (Å²) in [5, 5.41) is 65.0. The minimum absolute atomic E-state index is 0.0233. The predicted molar refractivity (Wildman–Crippen MR) is 179 cm³/mol. The van der Waals surface area contributed by atoms with Crippen molar-refractivity contribution < 1.29 is 30.6 Å². The molecule has 6 N–H and O–H groups in total. The molecule has 0 aromatic heterocycles. The fourth-order valence-electron chi connectivity index (χ4n) is 5.88. The fraction of sp³-hybridized carbons (Fsp3) is 0.100. The van der Waals surface area contributed by atoms with E-state index in [0.717, 1.165) is 11.1 Å². The minimum atomic E-state index is 0.0233. The van der Waals surface area contributed by atoms with E-state index in [1.807, 2.05) is 42.5 Å². The zero-order chi connectivity index (χ0) is 32.2. The lowest BCUT2D eigenvalue weighted by Gasteiger charge is -2.17. The standard InChI is InChI=1S/C40H34O6/c41-35-13-4-1-8-26(35)18-25-16-17-37(43)31(19-25)24-33-23-30(34-12-3-6-15-38(34)44)22-32(40(33)46)21-29-11-7-10-28(39(29)45)20-27-9-2-5-14-36(27)42/h1-17,19,22-23,41-46H,18,20-21,24H2. The third-order valence-electron chi connectivity index (χ3n) is 8.35. The van der Waals surface area contributed by atoms with Crippen molar-refractivity contribution in [2.24, 2.45) is 0 Å². The first-order chi connectivity index (χ1) is 22.3. The molecule has 0 fully saturated rings. The van der Waals surface area contributed by atoms with Gasteiger partial charge in [0.2, 0.25) is 0 Å². The van der Waals surface area contributed by atoms with Crippen LogP contribution in [0, 0.1) is 0 Å². The number of rotatable bonds is 9. The van der Waals surface area contributed by atoms with Gasteiger partial charge in [0.25, 0.3) is 0 Å². The largest absolute Gasteiger partial charge is 0.508 e. The van der Waals surface area contributed by atoms with Crippen LogP contribution in [0.25, 0.3) is 11.1 Å². The van der Waals surface area contributed by atoms with E-state index in [0.29, 0.717) is 57.3 Å². The summed E-state index contributed by atoms with van der Waals surface area (Å²) < 4.78 is 0. The lowest BCUT2D eigenvalue weighted by Crippen LogP contribution is -1.99. The molecule has 0 radical (unpaired) electrons. The molecule has 0 bridgehead atoms. The maximum absolute atomic E-state index is 11.6. The van der Waals surface area contributed by atoms with E-state index in [9.17, 15) is 30.6 Å². The highest BCUT2D eigenvalue weighted by Gasteiger charge is 2.18. The van der Waals surface area contributed by atoms with E-state index < -0.39 is 0 Å². The van der Waals surface area contributed by atoms with Gasteiger partial charge in [-0.05, 0) is 86.5 Å². The predicted octanol–water partition coefficient (Wildman–Crippen LogP) is 7.95. The summed E-state index contributed by atoms with van der Waals surface area (Å²) in [4.78, 5) is 0. The van der Waals surface area contributed by atoms with Gasteiger partial charge in [-0.15, -0.1) is 0 Å². The van der Waals surface area contributed by atoms with Gasteiger partial charge in [-0.3, -0.25) is 0 Å². The second kappa shape index (κ2) is 13.0. The molecule has 0 aliphatic carbocycles. The fourth-order valence-corrected chi connectivity index (χ4v) is 5.88. The van der Waals surface area contributed by atoms with Gasteiger partial charge in [-0.2, -0.15) is 0 Å². The van der Waals surface area contributed by atoms with E-state index in [4.69, 9.17) is 0 Å². The van der Waals surface area contributed by atoms with Crippen molar-refractivity contribution in [3.8, 4) is 45.6 Å². The smallest absolute Gasteiger partial charge is 0.123 e. The lowest BCUT2D eigenvalue weighted by molar-refractivity contribution is 0.454. The number of phenolic OH excluding ortho intramolecular Hbond substituents is 6. The maximum Gasteiger partial charge on any atom is 0.123 e. The second-order valence-corrected chi connectivity index (χ2v) is 11.5. The Hall–Kier alpha value is -5.88. The molecule has 0 amide bonds. The van der Waals surface area contributed by atoms with Crippen LogP contribution < -0.4 is 0 Å². The zero-order valence-electron chi connectivity index (χ0n) is 25.1. The minimum Gasteiger partial charge on any atom is -0.508 e. The van der Waals surface area contributed by atoms with Crippen molar-refractivity contribution >= 4 is 0 Å². The molecule has 0 saturated heterocycles. The van der Waals surface area contributed by atoms with Gasteiger partial charge in [0.15, 0.2) is 0 Å². The highest BCUT2D eigenvalue weighted by Crippen LogP contribution is 2.39. The van der Waals surface area contributed by atoms with Crippen LogP contribution in [0.2, 0.25) is 0 Å². The molecular weight excluding hydrogens is 576 g/mol. The van der Waals surface area contributed by atoms with Crippen LogP contribution in [-0.2, 0) is 25.7 Å². The summed E-state index contributed by atoms with van der Waals surface area (Å²) in [7, 11) is 0. The van der Waals surface area contributed by atoms with Crippen LogP contribution in [-0.4, -0.2) is 30.6 Å². The van der Waals surface area contributed by atoms with Crippen molar-refractivity contribution in [3.63, 3.8) is 0 Å². The van der Waals surface area contributed by atoms with Crippen LogP contribution >= 0.6 is 0 Å². The third-order valence-corrected chi connectivity index (χ3v) is 8.35. The Balaban J connectivity index is 1.38. The molecule has 230 valence electrons. The molecule has 0 unspecified atom stereocenters. The molecule has 0 saturated carbocycles. The van der Waals surface area contributed by atoms with E-state index in [2.05, 4.69) is 0 Å². The number of hydrogen-bond donors (Lipinski definition) is 6. The van der Waals surface area contributed by atoms with E-state index in [1.165, 1.54) is 0 Å². The molecule has 0 aliphatic rings. The maximum atomic E-state index is 11.6.